The number of nitrogens with one attached hydrogen (secondary N) is 1. The Balaban J connectivity index is 1.90. The van der Waals surface area contributed by atoms with E-state index in [0.717, 1.165) is 18.5 Å². The molecule has 0 fully saturated rings. The number of hydrogen-bond donors (Lipinski definition) is 2. The molecule has 0 aliphatic carbocycles. The zero-order valence-electron chi connectivity index (χ0n) is 15.6. The fourth-order valence-electron chi connectivity index (χ4n) is 2.91. The van der Waals surface area contributed by atoms with Crippen molar-refractivity contribution < 1.29 is 9.90 Å². The molecule has 0 saturated carbocycles. The average Bonchev–Trinajstić information content (AvgIpc) is 3.05. The number of benzene rings is 1. The van der Waals surface area contributed by atoms with Crippen LogP contribution < -0.4 is 5.32 Å². The number of carbonyl (C=O) groups is 1. The van der Waals surface area contributed by atoms with Gasteiger partial charge in [-0.25, -0.2) is 0 Å². The highest BCUT2D eigenvalue weighted by Crippen LogP contribution is 2.23. The van der Waals surface area contributed by atoms with Crippen molar-refractivity contribution in [1.82, 2.24) is 5.32 Å². The lowest BCUT2D eigenvalue weighted by Crippen LogP contribution is -2.28. The molecule has 0 unspecified atom stereocenters. The number of thiophene rings is 1. The zero-order valence-corrected chi connectivity index (χ0v) is 16.4. The molecule has 4 heteroatoms. The van der Waals surface area contributed by atoms with E-state index >= 15 is 0 Å². The molecule has 0 aliphatic heterocycles. The Morgan fingerprint density at radius 3 is 2.40 bits per heavy atom. The first-order chi connectivity index (χ1) is 11.8. The number of carboxylic acids is 1. The third-order valence-electron chi connectivity index (χ3n) is 4.44. The summed E-state index contributed by atoms with van der Waals surface area (Å²) in [4.78, 5) is 11.1. The summed E-state index contributed by atoms with van der Waals surface area (Å²) in [5, 5.41) is 16.6. The second kappa shape index (κ2) is 8.63. The first-order valence-corrected chi connectivity index (χ1v) is 9.76. The highest BCUT2D eigenvalue weighted by atomic mass is 32.1. The molecule has 25 heavy (non-hydrogen) atoms. The van der Waals surface area contributed by atoms with Gasteiger partial charge in [-0.15, -0.1) is 0 Å². The molecule has 2 atom stereocenters. The summed E-state index contributed by atoms with van der Waals surface area (Å²) in [5.74, 6) is -0.329. The molecule has 0 amide bonds. The molecule has 0 saturated heterocycles. The van der Waals surface area contributed by atoms with Crippen molar-refractivity contribution in [2.75, 3.05) is 6.54 Å². The molecule has 2 aromatic rings. The van der Waals surface area contributed by atoms with Gasteiger partial charge in [0.2, 0.25) is 0 Å². The van der Waals surface area contributed by atoms with Crippen molar-refractivity contribution in [3.05, 3.63) is 57.8 Å². The smallest absolute Gasteiger partial charge is 0.305 e. The summed E-state index contributed by atoms with van der Waals surface area (Å²) in [6.07, 6.45) is 1.10. The van der Waals surface area contributed by atoms with Crippen molar-refractivity contribution in [2.45, 2.75) is 52.0 Å². The number of rotatable bonds is 8. The van der Waals surface area contributed by atoms with Gasteiger partial charge in [-0.2, -0.15) is 11.3 Å². The minimum absolute atomic E-state index is 0.115. The largest absolute Gasteiger partial charge is 0.481 e. The Kier molecular flexibility index (Phi) is 6.79. The van der Waals surface area contributed by atoms with E-state index in [1.54, 1.807) is 11.3 Å². The highest BCUT2D eigenvalue weighted by molar-refractivity contribution is 7.07. The van der Waals surface area contributed by atoms with Crippen LogP contribution in [0.1, 0.15) is 56.8 Å². The van der Waals surface area contributed by atoms with E-state index < -0.39 is 5.97 Å². The number of carboxylic acid groups (broad SMARTS) is 1. The monoisotopic (exact) mass is 359 g/mol. The predicted octanol–water partition coefficient (Wildman–Crippen LogP) is 5.03. The molecule has 3 nitrogen and oxygen atoms in total. The van der Waals surface area contributed by atoms with Gasteiger partial charge in [0.25, 0.3) is 0 Å². The normalized spacial score (nSPS) is 14.2. The van der Waals surface area contributed by atoms with Crippen LogP contribution in [0.4, 0.5) is 0 Å². The van der Waals surface area contributed by atoms with E-state index in [4.69, 9.17) is 5.11 Å². The van der Waals surface area contributed by atoms with E-state index in [2.05, 4.69) is 57.3 Å². The summed E-state index contributed by atoms with van der Waals surface area (Å²) in [7, 11) is 0. The topological polar surface area (TPSA) is 49.3 Å². The summed E-state index contributed by atoms with van der Waals surface area (Å²) in [6.45, 7) is 9.68. The van der Waals surface area contributed by atoms with Crippen LogP contribution in [-0.4, -0.2) is 17.6 Å². The van der Waals surface area contributed by atoms with Gasteiger partial charge in [0.15, 0.2) is 0 Å². The fraction of sp³-hybridized carbons (Fsp3) is 0.476. The van der Waals surface area contributed by atoms with Crippen LogP contribution in [-0.2, 0) is 16.6 Å². The van der Waals surface area contributed by atoms with Gasteiger partial charge in [0.1, 0.15) is 0 Å². The Labute approximate surface area is 155 Å². The molecule has 0 aliphatic rings. The minimum atomic E-state index is -0.769. The van der Waals surface area contributed by atoms with Crippen molar-refractivity contribution in [2.24, 2.45) is 5.92 Å². The molecule has 0 bridgehead atoms. The maximum absolute atomic E-state index is 11.1. The fourth-order valence-corrected chi connectivity index (χ4v) is 3.63. The summed E-state index contributed by atoms with van der Waals surface area (Å²) < 4.78 is 0. The van der Waals surface area contributed by atoms with Crippen LogP contribution in [0.2, 0.25) is 0 Å². The molecular weight excluding hydrogens is 330 g/mol. The zero-order chi connectivity index (χ0) is 18.4. The average molecular weight is 360 g/mol. The maximum Gasteiger partial charge on any atom is 0.305 e. The van der Waals surface area contributed by atoms with Gasteiger partial charge >= 0.3 is 5.97 Å². The molecule has 0 radical (unpaired) electrons. The lowest BCUT2D eigenvalue weighted by atomic mass is 9.86. The van der Waals surface area contributed by atoms with Crippen LogP contribution in [0.15, 0.2) is 41.1 Å². The quantitative estimate of drug-likeness (QED) is 0.695. The summed E-state index contributed by atoms with van der Waals surface area (Å²) >= 11 is 1.60. The number of hydrogen-bond acceptors (Lipinski definition) is 3. The van der Waals surface area contributed by atoms with Gasteiger partial charge in [-0.3, -0.25) is 4.79 Å². The number of aliphatic carboxylic acids is 1. The van der Waals surface area contributed by atoms with Crippen LogP contribution in [0.5, 0.6) is 0 Å². The maximum atomic E-state index is 11.1. The third kappa shape index (κ3) is 6.29. The van der Waals surface area contributed by atoms with Crippen molar-refractivity contribution in [3.63, 3.8) is 0 Å². The van der Waals surface area contributed by atoms with Gasteiger partial charge in [-0.05, 0) is 57.8 Å². The second-order valence-corrected chi connectivity index (χ2v) is 8.65. The molecule has 1 heterocycles. The van der Waals surface area contributed by atoms with Crippen LogP contribution in [0.3, 0.4) is 0 Å². The second-order valence-electron chi connectivity index (χ2n) is 7.87. The first-order valence-electron chi connectivity index (χ1n) is 8.82. The van der Waals surface area contributed by atoms with Crippen LogP contribution >= 0.6 is 11.3 Å². The van der Waals surface area contributed by atoms with Gasteiger partial charge < -0.3 is 10.4 Å². The standard InChI is InChI=1S/C21H29NO2S/c1-15(11-16-5-7-18(8-6-16)21(2,3)4)13-22-19(12-20(23)24)17-9-10-25-14-17/h5-10,14-15,19,22H,11-13H2,1-4H3,(H,23,24)/t15-,19+/m1/s1. The van der Waals surface area contributed by atoms with Crippen molar-refractivity contribution in [3.8, 4) is 0 Å². The van der Waals surface area contributed by atoms with E-state index in [-0.39, 0.29) is 17.9 Å². The Morgan fingerprint density at radius 1 is 1.20 bits per heavy atom. The van der Waals surface area contributed by atoms with E-state index in [0.29, 0.717) is 5.92 Å². The predicted molar refractivity (Wildman–Crippen MR) is 105 cm³/mol. The van der Waals surface area contributed by atoms with Crippen LogP contribution in [0, 0.1) is 5.92 Å². The van der Waals surface area contributed by atoms with E-state index in [1.165, 1.54) is 11.1 Å². The van der Waals surface area contributed by atoms with E-state index in [1.807, 2.05) is 16.8 Å². The molecule has 136 valence electrons. The van der Waals surface area contributed by atoms with Crippen molar-refractivity contribution >= 4 is 17.3 Å². The van der Waals surface area contributed by atoms with Crippen molar-refractivity contribution in [1.29, 1.82) is 0 Å². The van der Waals surface area contributed by atoms with Gasteiger partial charge in [-0.1, -0.05) is 52.0 Å². The molecule has 2 rings (SSSR count). The molecule has 0 spiro atoms. The highest BCUT2D eigenvalue weighted by Gasteiger charge is 2.17. The lowest BCUT2D eigenvalue weighted by molar-refractivity contribution is -0.137. The molecule has 2 N–H and O–H groups in total. The molecule has 1 aromatic heterocycles. The SMILES string of the molecule is C[C@@H](CN[C@@H](CC(=O)O)c1ccsc1)Cc1ccc(C(C)(C)C)cc1. The lowest BCUT2D eigenvalue weighted by Gasteiger charge is -2.21. The molecular formula is C21H29NO2S. The van der Waals surface area contributed by atoms with Crippen LogP contribution in [0.25, 0.3) is 0 Å². The summed E-state index contributed by atoms with van der Waals surface area (Å²) in [6, 6.07) is 10.7. The Morgan fingerprint density at radius 2 is 1.88 bits per heavy atom. The van der Waals surface area contributed by atoms with Gasteiger partial charge in [0, 0.05) is 6.04 Å². The molecule has 1 aromatic carbocycles. The minimum Gasteiger partial charge on any atom is -0.481 e. The third-order valence-corrected chi connectivity index (χ3v) is 5.14. The Bertz CT molecular complexity index is 656. The first kappa shape index (κ1) is 19.7. The summed E-state index contributed by atoms with van der Waals surface area (Å²) in [5.41, 5.74) is 3.92. The van der Waals surface area contributed by atoms with Gasteiger partial charge in [0.05, 0.1) is 6.42 Å². The van der Waals surface area contributed by atoms with E-state index in [9.17, 15) is 4.79 Å². The Hall–Kier alpha value is -1.65.